The Balaban J connectivity index is 1.10. The fourth-order valence-electron chi connectivity index (χ4n) is 4.64. The molecule has 3 N–H and O–H groups in total. The maximum Gasteiger partial charge on any atom is 0.229 e. The van der Waals surface area contributed by atoms with Crippen molar-refractivity contribution in [2.45, 2.75) is 44.2 Å². The molecular formula is C27H26ClN5O2. The van der Waals surface area contributed by atoms with E-state index in [2.05, 4.69) is 27.0 Å². The topological polar surface area (TPSA) is 94.5 Å². The Kier molecular flexibility index (Phi) is 5.66. The first-order valence-corrected chi connectivity index (χ1v) is 12.3. The van der Waals surface area contributed by atoms with Crippen molar-refractivity contribution < 1.29 is 9.53 Å². The summed E-state index contributed by atoms with van der Waals surface area (Å²) in [7, 11) is 0. The van der Waals surface area contributed by atoms with Crippen molar-refractivity contribution in [2.75, 3.05) is 5.32 Å². The van der Waals surface area contributed by atoms with Gasteiger partial charge in [-0.1, -0.05) is 23.7 Å². The smallest absolute Gasteiger partial charge is 0.229 e. The number of hydrogen-bond donors (Lipinski definition) is 2. The SMILES string of the molecule is NCc1cc(C2CC2)cn2cc(COc3ccnc(NC(=O)C4CC4c4cccc(Cl)c4)c3)nc12. The van der Waals surface area contributed by atoms with E-state index in [0.29, 0.717) is 35.7 Å². The highest BCUT2D eigenvalue weighted by Gasteiger charge is 2.44. The fourth-order valence-corrected chi connectivity index (χ4v) is 4.84. The Morgan fingerprint density at radius 3 is 2.86 bits per heavy atom. The molecule has 1 aromatic carbocycles. The average molecular weight is 488 g/mol. The van der Waals surface area contributed by atoms with Crippen LogP contribution >= 0.6 is 11.6 Å². The van der Waals surface area contributed by atoms with Gasteiger partial charge in [0.15, 0.2) is 0 Å². The van der Waals surface area contributed by atoms with E-state index in [-0.39, 0.29) is 17.7 Å². The van der Waals surface area contributed by atoms with Crippen LogP contribution in [0.1, 0.15) is 53.5 Å². The molecule has 2 fully saturated rings. The third-order valence-electron chi connectivity index (χ3n) is 6.74. The number of rotatable bonds is 8. The van der Waals surface area contributed by atoms with Crippen molar-refractivity contribution >= 4 is 29.0 Å². The zero-order valence-electron chi connectivity index (χ0n) is 19.2. The number of nitrogens with two attached hydrogens (primary N) is 1. The second kappa shape index (κ2) is 8.98. The number of halogens is 1. The van der Waals surface area contributed by atoms with Crippen LogP contribution in [-0.4, -0.2) is 20.3 Å². The molecule has 7 nitrogen and oxygen atoms in total. The highest BCUT2D eigenvalue weighted by atomic mass is 35.5. The van der Waals surface area contributed by atoms with E-state index in [9.17, 15) is 4.79 Å². The largest absolute Gasteiger partial charge is 0.487 e. The van der Waals surface area contributed by atoms with E-state index < -0.39 is 0 Å². The predicted octanol–water partition coefficient (Wildman–Crippen LogP) is 5.04. The molecule has 3 aromatic heterocycles. The van der Waals surface area contributed by atoms with E-state index in [0.717, 1.165) is 28.9 Å². The quantitative estimate of drug-likeness (QED) is 0.363. The molecule has 0 aliphatic heterocycles. The molecule has 1 amide bonds. The summed E-state index contributed by atoms with van der Waals surface area (Å²) in [5.41, 5.74) is 11.1. The number of hydrogen-bond acceptors (Lipinski definition) is 5. The van der Waals surface area contributed by atoms with Crippen LogP contribution in [0, 0.1) is 5.92 Å². The Bertz CT molecular complexity index is 1410. The molecule has 178 valence electrons. The first kappa shape index (κ1) is 22.1. The summed E-state index contributed by atoms with van der Waals surface area (Å²) in [5, 5.41) is 3.61. The van der Waals surface area contributed by atoms with Gasteiger partial charge in [-0.05, 0) is 66.5 Å². The van der Waals surface area contributed by atoms with E-state index in [1.807, 2.05) is 30.5 Å². The van der Waals surface area contributed by atoms with Crippen LogP contribution in [0.5, 0.6) is 5.75 Å². The Morgan fingerprint density at radius 1 is 1.17 bits per heavy atom. The van der Waals surface area contributed by atoms with Crippen molar-refractivity contribution in [3.8, 4) is 5.75 Å². The normalized spacial score (nSPS) is 19.0. The van der Waals surface area contributed by atoms with Gasteiger partial charge in [0.1, 0.15) is 23.8 Å². The molecule has 2 aliphatic rings. The van der Waals surface area contributed by atoms with Crippen molar-refractivity contribution in [3.05, 3.63) is 88.5 Å². The van der Waals surface area contributed by atoms with Gasteiger partial charge in [-0.3, -0.25) is 4.79 Å². The molecule has 2 aliphatic carbocycles. The summed E-state index contributed by atoms with van der Waals surface area (Å²) < 4.78 is 8.03. The number of pyridine rings is 2. The van der Waals surface area contributed by atoms with Gasteiger partial charge in [0.05, 0.1) is 5.69 Å². The second-order valence-corrected chi connectivity index (χ2v) is 9.84. The number of amides is 1. The van der Waals surface area contributed by atoms with Gasteiger partial charge >= 0.3 is 0 Å². The Hall–Kier alpha value is -3.42. The van der Waals surface area contributed by atoms with Crippen molar-refractivity contribution in [1.29, 1.82) is 0 Å². The van der Waals surface area contributed by atoms with E-state index in [1.165, 1.54) is 18.4 Å². The molecule has 2 unspecified atom stereocenters. The maximum atomic E-state index is 12.7. The van der Waals surface area contributed by atoms with Crippen LogP contribution in [-0.2, 0) is 17.9 Å². The van der Waals surface area contributed by atoms with Gasteiger partial charge in [0, 0.05) is 47.7 Å². The molecule has 8 heteroatoms. The molecule has 35 heavy (non-hydrogen) atoms. The lowest BCUT2D eigenvalue weighted by Gasteiger charge is -2.08. The van der Waals surface area contributed by atoms with Crippen molar-refractivity contribution in [2.24, 2.45) is 11.7 Å². The number of aromatic nitrogens is 3. The predicted molar refractivity (Wildman–Crippen MR) is 135 cm³/mol. The van der Waals surface area contributed by atoms with Crippen LogP contribution in [0.25, 0.3) is 5.65 Å². The van der Waals surface area contributed by atoms with Crippen molar-refractivity contribution in [1.82, 2.24) is 14.4 Å². The van der Waals surface area contributed by atoms with Gasteiger partial charge in [-0.2, -0.15) is 0 Å². The minimum Gasteiger partial charge on any atom is -0.487 e. The molecule has 0 radical (unpaired) electrons. The molecule has 0 saturated heterocycles. The number of carbonyl (C=O) groups excluding carboxylic acids is 1. The van der Waals surface area contributed by atoms with Gasteiger partial charge in [0.25, 0.3) is 0 Å². The number of nitrogens with zero attached hydrogens (tertiary/aromatic N) is 3. The third-order valence-corrected chi connectivity index (χ3v) is 6.98. The number of imidazole rings is 1. The monoisotopic (exact) mass is 487 g/mol. The Labute approximate surface area is 208 Å². The van der Waals surface area contributed by atoms with Crippen LogP contribution in [0.4, 0.5) is 5.82 Å². The van der Waals surface area contributed by atoms with Gasteiger partial charge in [-0.25, -0.2) is 9.97 Å². The summed E-state index contributed by atoms with van der Waals surface area (Å²) in [6, 6.07) is 13.4. The maximum absolute atomic E-state index is 12.7. The molecule has 6 rings (SSSR count). The minimum atomic E-state index is -0.0740. The zero-order chi connectivity index (χ0) is 23.9. The summed E-state index contributed by atoms with van der Waals surface area (Å²) in [5.74, 6) is 1.82. The van der Waals surface area contributed by atoms with Gasteiger partial charge < -0.3 is 20.2 Å². The number of ether oxygens (including phenoxy) is 1. The van der Waals surface area contributed by atoms with E-state index >= 15 is 0 Å². The van der Waals surface area contributed by atoms with Gasteiger partial charge in [-0.15, -0.1) is 0 Å². The molecule has 2 atom stereocenters. The third kappa shape index (κ3) is 4.74. The summed E-state index contributed by atoms with van der Waals surface area (Å²) in [6.45, 7) is 0.759. The lowest BCUT2D eigenvalue weighted by molar-refractivity contribution is -0.117. The number of carbonyl (C=O) groups is 1. The Morgan fingerprint density at radius 2 is 2.06 bits per heavy atom. The minimum absolute atomic E-state index is 0.0410. The first-order valence-electron chi connectivity index (χ1n) is 11.9. The molecule has 3 heterocycles. The summed E-state index contributed by atoms with van der Waals surface area (Å²) in [4.78, 5) is 21.7. The van der Waals surface area contributed by atoms with E-state index in [1.54, 1.807) is 18.3 Å². The van der Waals surface area contributed by atoms with Crippen LogP contribution < -0.4 is 15.8 Å². The number of nitrogens with one attached hydrogen (secondary N) is 1. The second-order valence-electron chi connectivity index (χ2n) is 9.40. The standard InChI is InChI=1S/C27H26ClN5O2/c28-20-3-1-2-17(9-20)23-11-24(23)27(34)32-25-10-22(6-7-30-25)35-15-21-14-33-13-19(16-4-5-16)8-18(12-29)26(33)31-21/h1-3,6-10,13-14,16,23-24H,4-5,11-12,15,29H2,(H,30,32,34). The first-order chi connectivity index (χ1) is 17.1. The van der Waals surface area contributed by atoms with Crippen LogP contribution in [0.2, 0.25) is 5.02 Å². The van der Waals surface area contributed by atoms with Crippen LogP contribution in [0.3, 0.4) is 0 Å². The van der Waals surface area contributed by atoms with E-state index in [4.69, 9.17) is 27.1 Å². The summed E-state index contributed by atoms with van der Waals surface area (Å²) in [6.07, 6.45) is 9.06. The van der Waals surface area contributed by atoms with Gasteiger partial charge in [0.2, 0.25) is 5.91 Å². The van der Waals surface area contributed by atoms with Crippen LogP contribution in [0.15, 0.2) is 61.1 Å². The fraction of sp³-hybridized carbons (Fsp3) is 0.296. The average Bonchev–Trinajstić information content (AvgIpc) is 3.78. The molecule has 2 saturated carbocycles. The molecular weight excluding hydrogens is 462 g/mol. The zero-order valence-corrected chi connectivity index (χ0v) is 19.9. The van der Waals surface area contributed by atoms with Crippen molar-refractivity contribution in [3.63, 3.8) is 0 Å². The number of anilines is 1. The highest BCUT2D eigenvalue weighted by molar-refractivity contribution is 6.30. The lowest BCUT2D eigenvalue weighted by Crippen LogP contribution is -2.15. The summed E-state index contributed by atoms with van der Waals surface area (Å²) >= 11 is 6.09. The highest BCUT2D eigenvalue weighted by Crippen LogP contribution is 2.48. The molecule has 0 spiro atoms. The molecule has 0 bridgehead atoms. The number of benzene rings is 1. The lowest BCUT2D eigenvalue weighted by atomic mass is 10.1. The molecule has 4 aromatic rings. The number of fused-ring (bicyclic) bond motifs is 1.